The van der Waals surface area contributed by atoms with Crippen LogP contribution in [0.15, 0.2) is 59.9 Å². The molecule has 0 unspecified atom stereocenters. The maximum Gasteiger partial charge on any atom is 0.320 e. The number of unbranched alkanes of at least 4 members (excludes halogenated alkanes) is 1. The first-order valence-electron chi connectivity index (χ1n) is 10.4. The van der Waals surface area contributed by atoms with Crippen LogP contribution in [-0.2, 0) is 6.42 Å². The van der Waals surface area contributed by atoms with Crippen molar-refractivity contribution in [1.82, 2.24) is 20.3 Å². The molecule has 0 aliphatic carbocycles. The van der Waals surface area contributed by atoms with Crippen LogP contribution in [0.2, 0.25) is 0 Å². The lowest BCUT2D eigenvalue weighted by atomic mass is 10.1. The molecule has 9 heteroatoms. The molecule has 32 heavy (non-hydrogen) atoms. The molecule has 166 valence electrons. The molecule has 0 saturated carbocycles. The largest absolute Gasteiger partial charge is 0.404 e. The van der Waals surface area contributed by atoms with Crippen LogP contribution in [0.25, 0.3) is 16.7 Å². The summed E-state index contributed by atoms with van der Waals surface area (Å²) in [4.78, 5) is 29.4. The molecule has 2 amide bonds. The number of aliphatic hydroxyl groups excluding tert-OH is 1. The highest BCUT2D eigenvalue weighted by Gasteiger charge is 2.08. The number of amides is 2. The number of aromatic nitrogens is 3. The summed E-state index contributed by atoms with van der Waals surface area (Å²) in [6.45, 7) is 0.795. The molecular formula is C23H27N7O2. The summed E-state index contributed by atoms with van der Waals surface area (Å²) >= 11 is 0. The third kappa shape index (κ3) is 6.85. The number of aliphatic imine (C=N–C) groups is 1. The van der Waals surface area contributed by atoms with Gasteiger partial charge in [-0.1, -0.05) is 30.3 Å². The highest BCUT2D eigenvalue weighted by Crippen LogP contribution is 2.15. The van der Waals surface area contributed by atoms with Gasteiger partial charge in [-0.2, -0.15) is 0 Å². The Morgan fingerprint density at radius 2 is 1.97 bits per heavy atom. The van der Waals surface area contributed by atoms with Gasteiger partial charge in [-0.25, -0.2) is 14.8 Å². The number of aliphatic hydroxyl groups is 1. The van der Waals surface area contributed by atoms with E-state index in [0.717, 1.165) is 19.3 Å². The van der Waals surface area contributed by atoms with Crippen LogP contribution in [-0.4, -0.2) is 52.0 Å². The summed E-state index contributed by atoms with van der Waals surface area (Å²) in [7, 11) is 0. The fourth-order valence-corrected chi connectivity index (χ4v) is 2.98. The average molecular weight is 434 g/mol. The molecule has 3 rings (SSSR count). The van der Waals surface area contributed by atoms with Gasteiger partial charge in [-0.05, 0) is 37.0 Å². The van der Waals surface area contributed by atoms with Crippen molar-refractivity contribution < 1.29 is 9.90 Å². The minimum atomic E-state index is -0.320. The van der Waals surface area contributed by atoms with E-state index in [4.69, 9.17) is 10.8 Å². The molecule has 0 aliphatic heterocycles. The number of fused-ring (bicyclic) bond motifs is 1. The third-order valence-corrected chi connectivity index (χ3v) is 4.60. The van der Waals surface area contributed by atoms with E-state index >= 15 is 0 Å². The molecule has 0 radical (unpaired) electrons. The van der Waals surface area contributed by atoms with Gasteiger partial charge in [-0.3, -0.25) is 15.3 Å². The summed E-state index contributed by atoms with van der Waals surface area (Å²) in [6, 6.07) is 13.4. The predicted octanol–water partition coefficient (Wildman–Crippen LogP) is 2.53. The Morgan fingerprint density at radius 3 is 2.75 bits per heavy atom. The zero-order valence-corrected chi connectivity index (χ0v) is 17.7. The number of benzene rings is 1. The molecule has 2 aromatic heterocycles. The first-order valence-corrected chi connectivity index (χ1v) is 10.4. The third-order valence-electron chi connectivity index (χ3n) is 4.60. The quantitative estimate of drug-likeness (QED) is 0.286. The predicted molar refractivity (Wildman–Crippen MR) is 126 cm³/mol. The van der Waals surface area contributed by atoms with Crippen molar-refractivity contribution in [2.45, 2.75) is 19.3 Å². The summed E-state index contributed by atoms with van der Waals surface area (Å²) in [5.41, 5.74) is 8.97. The molecule has 1 aromatic carbocycles. The van der Waals surface area contributed by atoms with Gasteiger partial charge in [0.1, 0.15) is 11.3 Å². The summed E-state index contributed by atoms with van der Waals surface area (Å²) in [5, 5.41) is 14.4. The average Bonchev–Trinajstić information content (AvgIpc) is 2.82. The number of nitrogens with zero attached hydrogens (tertiary/aromatic N) is 4. The van der Waals surface area contributed by atoms with Crippen molar-refractivity contribution >= 4 is 34.8 Å². The molecular weight excluding hydrogens is 406 g/mol. The maximum atomic E-state index is 12.2. The number of nitrogens with two attached hydrogens (primary N) is 1. The number of aryl methyl sites for hydroxylation is 1. The van der Waals surface area contributed by atoms with E-state index in [1.807, 2.05) is 18.2 Å². The van der Waals surface area contributed by atoms with Crippen LogP contribution in [0.3, 0.4) is 0 Å². The zero-order valence-electron chi connectivity index (χ0n) is 17.7. The van der Waals surface area contributed by atoms with Crippen molar-refractivity contribution in [1.29, 1.82) is 0 Å². The van der Waals surface area contributed by atoms with Crippen LogP contribution >= 0.6 is 0 Å². The van der Waals surface area contributed by atoms with Crippen LogP contribution < -0.4 is 16.4 Å². The van der Waals surface area contributed by atoms with E-state index in [9.17, 15) is 4.79 Å². The van der Waals surface area contributed by atoms with Crippen LogP contribution in [0.4, 0.5) is 10.6 Å². The Bertz CT molecular complexity index is 1080. The molecule has 9 nitrogen and oxygen atoms in total. The number of carbonyl (C=O) groups excluding carboxylic acids is 1. The number of hydrogen-bond donors (Lipinski definition) is 4. The van der Waals surface area contributed by atoms with Crippen LogP contribution in [0.5, 0.6) is 0 Å². The lowest BCUT2D eigenvalue weighted by molar-refractivity contribution is 0.252. The zero-order chi connectivity index (χ0) is 22.6. The molecule has 0 saturated heterocycles. The van der Waals surface area contributed by atoms with Gasteiger partial charge >= 0.3 is 6.03 Å². The normalized spacial score (nSPS) is 11.7. The Hall–Kier alpha value is -3.85. The van der Waals surface area contributed by atoms with Crippen LogP contribution in [0.1, 0.15) is 24.1 Å². The number of pyridine rings is 1. The van der Waals surface area contributed by atoms with Gasteiger partial charge in [-0.15, -0.1) is 0 Å². The second-order valence-electron chi connectivity index (χ2n) is 7.00. The van der Waals surface area contributed by atoms with Gasteiger partial charge in [0.2, 0.25) is 0 Å². The molecule has 0 spiro atoms. The van der Waals surface area contributed by atoms with Crippen molar-refractivity contribution in [3.8, 4) is 0 Å². The monoisotopic (exact) mass is 433 g/mol. The molecule has 5 N–H and O–H groups in total. The van der Waals surface area contributed by atoms with Gasteiger partial charge in [0.15, 0.2) is 5.65 Å². The van der Waals surface area contributed by atoms with E-state index in [1.165, 1.54) is 18.0 Å². The van der Waals surface area contributed by atoms with Crippen molar-refractivity contribution in [2.75, 3.05) is 25.0 Å². The van der Waals surface area contributed by atoms with E-state index < -0.39 is 0 Å². The van der Waals surface area contributed by atoms with Gasteiger partial charge in [0.25, 0.3) is 0 Å². The summed E-state index contributed by atoms with van der Waals surface area (Å²) in [5.74, 6) is 0.373. The molecule has 0 bridgehead atoms. The molecule has 2 heterocycles. The SMILES string of the molecule is NC=C(C=NCCO)c1cnc2ccc(NC(=O)NCCCCc3ccccc3)nc2n1. The van der Waals surface area contributed by atoms with E-state index in [1.54, 1.807) is 18.3 Å². The lowest BCUT2D eigenvalue weighted by Crippen LogP contribution is -2.29. The number of anilines is 1. The first-order chi connectivity index (χ1) is 15.7. The van der Waals surface area contributed by atoms with Gasteiger partial charge in [0, 0.05) is 24.5 Å². The number of nitrogens with one attached hydrogen (secondary N) is 2. The molecule has 0 atom stereocenters. The Balaban J connectivity index is 1.54. The number of urea groups is 1. The fraction of sp³-hybridized carbons (Fsp3) is 0.261. The van der Waals surface area contributed by atoms with Gasteiger partial charge < -0.3 is 16.2 Å². The fourth-order valence-electron chi connectivity index (χ4n) is 2.98. The minimum Gasteiger partial charge on any atom is -0.404 e. The molecule has 3 aromatic rings. The second-order valence-corrected chi connectivity index (χ2v) is 7.00. The number of rotatable bonds is 10. The lowest BCUT2D eigenvalue weighted by Gasteiger charge is -2.08. The number of carbonyl (C=O) groups is 1. The van der Waals surface area contributed by atoms with E-state index in [-0.39, 0.29) is 19.2 Å². The van der Waals surface area contributed by atoms with Gasteiger partial charge in [0.05, 0.1) is 25.0 Å². The topological polar surface area (TPSA) is 138 Å². The standard InChI is InChI=1S/C23H27N7O2/c24-14-18(15-25-12-13-31)20-16-27-19-9-10-21(29-22(19)28-20)30-23(32)26-11-5-4-8-17-6-2-1-3-7-17/h1-3,6-7,9-10,14-16,31H,4-5,8,11-13,24H2,(H2,26,28,29,30,32). The van der Waals surface area contributed by atoms with E-state index in [2.05, 4.69) is 42.7 Å². The van der Waals surface area contributed by atoms with Crippen molar-refractivity contribution in [3.63, 3.8) is 0 Å². The highest BCUT2D eigenvalue weighted by molar-refractivity contribution is 6.09. The second kappa shape index (κ2) is 12.1. The molecule has 0 aliphatic rings. The van der Waals surface area contributed by atoms with Crippen molar-refractivity contribution in [2.24, 2.45) is 10.7 Å². The highest BCUT2D eigenvalue weighted by atomic mass is 16.3. The van der Waals surface area contributed by atoms with E-state index in [0.29, 0.717) is 34.8 Å². The first kappa shape index (κ1) is 22.8. The number of allylic oxidation sites excluding steroid dienone is 1. The Morgan fingerprint density at radius 1 is 1.12 bits per heavy atom. The minimum absolute atomic E-state index is 0.0522. The maximum absolute atomic E-state index is 12.2. The number of hydrogen-bond acceptors (Lipinski definition) is 7. The summed E-state index contributed by atoms with van der Waals surface area (Å²) in [6.07, 6.45) is 7.33. The molecule has 0 fully saturated rings. The summed E-state index contributed by atoms with van der Waals surface area (Å²) < 4.78 is 0. The Labute approximate surface area is 186 Å². The van der Waals surface area contributed by atoms with Crippen molar-refractivity contribution in [3.05, 3.63) is 66.1 Å². The Kier molecular flexibility index (Phi) is 8.64. The van der Waals surface area contributed by atoms with Crippen LogP contribution in [0, 0.1) is 0 Å². The smallest absolute Gasteiger partial charge is 0.320 e.